The van der Waals surface area contributed by atoms with Crippen LogP contribution in [0.15, 0.2) is 15.7 Å². The lowest BCUT2D eigenvalue weighted by Gasteiger charge is -2.19. The summed E-state index contributed by atoms with van der Waals surface area (Å²) in [5.74, 6) is -0.0446. The molecule has 9 nitrogen and oxygen atoms in total. The van der Waals surface area contributed by atoms with Crippen LogP contribution in [-0.4, -0.2) is 47.8 Å². The molecule has 1 aromatic rings. The van der Waals surface area contributed by atoms with E-state index in [-0.39, 0.29) is 24.9 Å². The van der Waals surface area contributed by atoms with Crippen molar-refractivity contribution in [2.75, 3.05) is 13.7 Å². The van der Waals surface area contributed by atoms with E-state index in [2.05, 4.69) is 15.3 Å². The lowest BCUT2D eigenvalue weighted by molar-refractivity contribution is -0.146. The lowest BCUT2D eigenvalue weighted by Crippen LogP contribution is -2.35. The molecule has 24 heavy (non-hydrogen) atoms. The molecular weight excluding hydrogens is 318 g/mol. The van der Waals surface area contributed by atoms with Gasteiger partial charge in [0.1, 0.15) is 18.5 Å². The highest BCUT2D eigenvalue weighted by molar-refractivity contribution is 5.97. The summed E-state index contributed by atoms with van der Waals surface area (Å²) in [6, 6.07) is 0. The van der Waals surface area contributed by atoms with E-state index in [9.17, 15) is 9.59 Å². The van der Waals surface area contributed by atoms with E-state index in [0.29, 0.717) is 5.69 Å². The van der Waals surface area contributed by atoms with Crippen LogP contribution in [0.3, 0.4) is 0 Å². The van der Waals surface area contributed by atoms with Crippen molar-refractivity contribution in [3.05, 3.63) is 17.8 Å². The molecule has 132 valence electrons. The fraction of sp³-hybridized carbons (Fsp3) is 0.600. The molecule has 0 bridgehead atoms. The van der Waals surface area contributed by atoms with E-state index in [4.69, 9.17) is 18.6 Å². The molecule has 1 unspecified atom stereocenters. The van der Waals surface area contributed by atoms with Gasteiger partial charge in [-0.3, -0.25) is 0 Å². The molecule has 2 heterocycles. The third kappa shape index (κ3) is 4.24. The summed E-state index contributed by atoms with van der Waals surface area (Å²) >= 11 is 0. The number of nitrogens with zero attached hydrogens (tertiary/aromatic N) is 2. The van der Waals surface area contributed by atoms with Gasteiger partial charge in [-0.05, 0) is 27.7 Å². The van der Waals surface area contributed by atoms with Gasteiger partial charge in [0, 0.05) is 0 Å². The Morgan fingerprint density at radius 3 is 2.75 bits per heavy atom. The number of amides is 1. The third-order valence-electron chi connectivity index (χ3n) is 3.02. The summed E-state index contributed by atoms with van der Waals surface area (Å²) in [4.78, 5) is 31.7. The van der Waals surface area contributed by atoms with Crippen molar-refractivity contribution in [2.24, 2.45) is 4.99 Å². The molecule has 2 rings (SSSR count). The normalized spacial score (nSPS) is 20.1. The highest BCUT2D eigenvalue weighted by Crippen LogP contribution is 2.22. The molecule has 9 heteroatoms. The third-order valence-corrected chi connectivity index (χ3v) is 3.02. The first-order valence-corrected chi connectivity index (χ1v) is 7.36. The average molecular weight is 339 g/mol. The van der Waals surface area contributed by atoms with Crippen LogP contribution in [0.4, 0.5) is 4.79 Å². The van der Waals surface area contributed by atoms with Crippen LogP contribution in [0.25, 0.3) is 0 Å². The van der Waals surface area contributed by atoms with E-state index in [1.165, 1.54) is 13.4 Å². The Labute approximate surface area is 139 Å². The number of hydrogen-bond donors (Lipinski definition) is 1. The van der Waals surface area contributed by atoms with Crippen molar-refractivity contribution >= 4 is 18.0 Å². The summed E-state index contributed by atoms with van der Waals surface area (Å²) in [6.07, 6.45) is 0.767. The average Bonchev–Trinajstić information content (AvgIpc) is 3.10. The second-order valence-corrected chi connectivity index (χ2v) is 6.45. The minimum Gasteiger partial charge on any atom is -0.473 e. The standard InChI is InChI=1S/C15H21N3O6/c1-14(2,3)24-13(20)16-6-10-17-9(7-22-10)11-18-15(4,8-23-11)12(19)21-5/h7H,6,8H2,1-5H3,(H,16,20). The first-order chi connectivity index (χ1) is 11.1. The second-order valence-electron chi connectivity index (χ2n) is 6.45. The quantitative estimate of drug-likeness (QED) is 0.825. The number of carbonyl (C=O) groups excluding carboxylic acids is 2. The van der Waals surface area contributed by atoms with Crippen LogP contribution < -0.4 is 5.32 Å². The molecule has 1 aliphatic heterocycles. The molecule has 1 amide bonds. The smallest absolute Gasteiger partial charge is 0.408 e. The minimum atomic E-state index is -1.10. The van der Waals surface area contributed by atoms with E-state index in [0.717, 1.165) is 0 Å². The fourth-order valence-corrected chi connectivity index (χ4v) is 1.91. The molecular formula is C15H21N3O6. The molecule has 0 spiro atoms. The Hall–Kier alpha value is -2.58. The van der Waals surface area contributed by atoms with Gasteiger partial charge in [0.2, 0.25) is 11.8 Å². The highest BCUT2D eigenvalue weighted by atomic mass is 16.6. The largest absolute Gasteiger partial charge is 0.473 e. The van der Waals surface area contributed by atoms with Gasteiger partial charge >= 0.3 is 12.1 Å². The zero-order chi connectivity index (χ0) is 18.0. The van der Waals surface area contributed by atoms with Crippen molar-refractivity contribution in [1.29, 1.82) is 0 Å². The van der Waals surface area contributed by atoms with Crippen molar-refractivity contribution in [1.82, 2.24) is 10.3 Å². The maximum absolute atomic E-state index is 11.7. The molecule has 1 N–H and O–H groups in total. The summed E-state index contributed by atoms with van der Waals surface area (Å²) in [5, 5.41) is 2.53. The zero-order valence-corrected chi connectivity index (χ0v) is 14.3. The van der Waals surface area contributed by atoms with Crippen LogP contribution in [-0.2, 0) is 25.5 Å². The Kier molecular flexibility index (Phi) is 4.81. The maximum Gasteiger partial charge on any atom is 0.408 e. The fourth-order valence-electron chi connectivity index (χ4n) is 1.91. The van der Waals surface area contributed by atoms with E-state index in [1.807, 2.05) is 0 Å². The minimum absolute atomic E-state index is 0.0520. The highest BCUT2D eigenvalue weighted by Gasteiger charge is 2.41. The van der Waals surface area contributed by atoms with Gasteiger partial charge in [-0.1, -0.05) is 0 Å². The van der Waals surface area contributed by atoms with Crippen LogP contribution in [0.1, 0.15) is 39.3 Å². The molecule has 0 saturated heterocycles. The van der Waals surface area contributed by atoms with Crippen molar-refractivity contribution in [3.8, 4) is 0 Å². The van der Waals surface area contributed by atoms with Crippen molar-refractivity contribution in [3.63, 3.8) is 0 Å². The van der Waals surface area contributed by atoms with Gasteiger partial charge in [-0.2, -0.15) is 0 Å². The number of ether oxygens (including phenoxy) is 3. The van der Waals surface area contributed by atoms with Gasteiger partial charge < -0.3 is 23.9 Å². The van der Waals surface area contributed by atoms with Gasteiger partial charge in [0.05, 0.1) is 13.7 Å². The number of carbonyl (C=O) groups is 2. The van der Waals surface area contributed by atoms with Crippen molar-refractivity contribution < 1.29 is 28.2 Å². The molecule has 0 fully saturated rings. The molecule has 0 saturated carbocycles. The number of aromatic nitrogens is 1. The van der Waals surface area contributed by atoms with E-state index in [1.54, 1.807) is 27.7 Å². The van der Waals surface area contributed by atoms with E-state index >= 15 is 0 Å². The van der Waals surface area contributed by atoms with Gasteiger partial charge in [0.15, 0.2) is 11.2 Å². The van der Waals surface area contributed by atoms with Crippen LogP contribution >= 0.6 is 0 Å². The Balaban J connectivity index is 1.98. The lowest BCUT2D eigenvalue weighted by atomic mass is 10.1. The summed E-state index contributed by atoms with van der Waals surface area (Å²) in [6.45, 7) is 7.03. The predicted octanol–water partition coefficient (Wildman–Crippen LogP) is 1.41. The number of alkyl carbamates (subject to hydrolysis) is 1. The summed E-state index contributed by atoms with van der Waals surface area (Å²) < 4.78 is 20.5. The zero-order valence-electron chi connectivity index (χ0n) is 14.3. The van der Waals surface area contributed by atoms with Crippen LogP contribution in [0.5, 0.6) is 0 Å². The molecule has 0 aliphatic carbocycles. The molecule has 1 atom stereocenters. The number of methoxy groups -OCH3 is 1. The number of oxazole rings is 1. The summed E-state index contributed by atoms with van der Waals surface area (Å²) in [7, 11) is 1.29. The summed E-state index contributed by atoms with van der Waals surface area (Å²) in [5.41, 5.74) is -1.35. The molecule has 0 radical (unpaired) electrons. The van der Waals surface area contributed by atoms with Gasteiger partial charge in [-0.25, -0.2) is 19.6 Å². The Morgan fingerprint density at radius 1 is 1.42 bits per heavy atom. The monoisotopic (exact) mass is 339 g/mol. The Bertz CT molecular complexity index is 660. The number of aliphatic imine (C=N–C) groups is 1. The van der Waals surface area contributed by atoms with E-state index < -0.39 is 23.2 Å². The SMILES string of the molecule is COC(=O)C1(C)COC(c2coc(CNC(=O)OC(C)(C)C)n2)=N1. The number of hydrogen-bond acceptors (Lipinski definition) is 8. The van der Waals surface area contributed by atoms with Crippen molar-refractivity contribution in [2.45, 2.75) is 45.4 Å². The first-order valence-electron chi connectivity index (χ1n) is 7.36. The van der Waals surface area contributed by atoms with Crippen LogP contribution in [0, 0.1) is 0 Å². The van der Waals surface area contributed by atoms with Gasteiger partial charge in [0.25, 0.3) is 0 Å². The molecule has 1 aliphatic rings. The number of nitrogens with one attached hydrogen (secondary N) is 1. The Morgan fingerprint density at radius 2 is 2.12 bits per heavy atom. The van der Waals surface area contributed by atoms with Crippen LogP contribution in [0.2, 0.25) is 0 Å². The first kappa shape index (κ1) is 17.8. The molecule has 1 aromatic heterocycles. The maximum atomic E-state index is 11.7. The molecule has 0 aromatic carbocycles. The topological polar surface area (TPSA) is 112 Å². The second kappa shape index (κ2) is 6.50. The number of rotatable bonds is 4. The predicted molar refractivity (Wildman–Crippen MR) is 82.5 cm³/mol. The van der Waals surface area contributed by atoms with Gasteiger partial charge in [-0.15, -0.1) is 0 Å². The number of esters is 1.